The van der Waals surface area contributed by atoms with Gasteiger partial charge in [0.2, 0.25) is 0 Å². The summed E-state index contributed by atoms with van der Waals surface area (Å²) in [7, 11) is 0. The quantitative estimate of drug-likeness (QED) is 0.848. The number of nitrogens with zero attached hydrogens (tertiary/aromatic N) is 2. The summed E-state index contributed by atoms with van der Waals surface area (Å²) in [6.07, 6.45) is 4.02. The van der Waals surface area contributed by atoms with Crippen LogP contribution in [-0.2, 0) is 4.74 Å². The van der Waals surface area contributed by atoms with Crippen LogP contribution in [0.15, 0.2) is 12.3 Å². The van der Waals surface area contributed by atoms with Gasteiger partial charge in [0.15, 0.2) is 0 Å². The van der Waals surface area contributed by atoms with E-state index in [4.69, 9.17) is 4.74 Å². The summed E-state index contributed by atoms with van der Waals surface area (Å²) < 4.78 is 5.38. The topological polar surface area (TPSA) is 47.0 Å². The Labute approximate surface area is 96.4 Å². The van der Waals surface area contributed by atoms with Gasteiger partial charge in [-0.3, -0.25) is 0 Å². The molecule has 0 spiro atoms. The first-order valence-corrected chi connectivity index (χ1v) is 5.79. The molecule has 2 rings (SSSR count). The van der Waals surface area contributed by atoms with Crippen LogP contribution in [0.25, 0.3) is 0 Å². The fourth-order valence-electron chi connectivity index (χ4n) is 1.90. The molecule has 1 aliphatic heterocycles. The summed E-state index contributed by atoms with van der Waals surface area (Å²) in [6.45, 7) is 6.91. The molecule has 4 nitrogen and oxygen atoms in total. The number of aryl methyl sites for hydroxylation is 1. The monoisotopic (exact) mass is 221 g/mol. The Morgan fingerprint density at radius 3 is 2.88 bits per heavy atom. The van der Waals surface area contributed by atoms with Crippen LogP contribution in [0.1, 0.15) is 25.6 Å². The zero-order valence-corrected chi connectivity index (χ0v) is 9.99. The highest BCUT2D eigenvalue weighted by Gasteiger charge is 2.26. The van der Waals surface area contributed by atoms with Gasteiger partial charge in [-0.15, -0.1) is 0 Å². The van der Waals surface area contributed by atoms with E-state index in [9.17, 15) is 0 Å². The SMILES string of the molecule is Cc1nccc(NCC2(C)CCOCC2)n1. The molecule has 0 bridgehead atoms. The minimum atomic E-state index is 0.330. The summed E-state index contributed by atoms with van der Waals surface area (Å²) in [6, 6.07) is 1.91. The Bertz CT molecular complexity index is 348. The Morgan fingerprint density at radius 1 is 1.44 bits per heavy atom. The summed E-state index contributed by atoms with van der Waals surface area (Å²) in [5.74, 6) is 1.72. The molecule has 0 aromatic carbocycles. The molecule has 16 heavy (non-hydrogen) atoms. The lowest BCUT2D eigenvalue weighted by Crippen LogP contribution is -2.33. The second kappa shape index (κ2) is 4.78. The lowest BCUT2D eigenvalue weighted by Gasteiger charge is -2.33. The number of hydrogen-bond donors (Lipinski definition) is 1. The first-order valence-electron chi connectivity index (χ1n) is 5.79. The van der Waals surface area contributed by atoms with E-state index in [-0.39, 0.29) is 0 Å². The molecule has 0 saturated carbocycles. The minimum absolute atomic E-state index is 0.330. The second-order valence-corrected chi connectivity index (χ2v) is 4.77. The standard InChI is InChI=1S/C12H19N3O/c1-10-13-6-3-11(15-10)14-9-12(2)4-7-16-8-5-12/h3,6H,4-5,7-9H2,1-2H3,(H,13,14,15). The van der Waals surface area contributed by atoms with Gasteiger partial charge in [0.25, 0.3) is 0 Å². The van der Waals surface area contributed by atoms with Crippen LogP contribution in [0.5, 0.6) is 0 Å². The maximum Gasteiger partial charge on any atom is 0.129 e. The third kappa shape index (κ3) is 2.92. The molecular weight excluding hydrogens is 202 g/mol. The molecule has 0 amide bonds. The molecular formula is C12H19N3O. The van der Waals surface area contributed by atoms with E-state index in [0.29, 0.717) is 5.41 Å². The molecule has 1 fully saturated rings. The zero-order valence-electron chi connectivity index (χ0n) is 9.99. The maximum absolute atomic E-state index is 5.38. The van der Waals surface area contributed by atoms with Crippen LogP contribution < -0.4 is 5.32 Å². The predicted molar refractivity (Wildman–Crippen MR) is 63.4 cm³/mol. The van der Waals surface area contributed by atoms with Crippen molar-refractivity contribution in [3.05, 3.63) is 18.1 Å². The van der Waals surface area contributed by atoms with Gasteiger partial charge in [0.05, 0.1) is 0 Å². The minimum Gasteiger partial charge on any atom is -0.381 e. The Balaban J connectivity index is 1.91. The number of nitrogens with one attached hydrogen (secondary N) is 1. The molecule has 2 heterocycles. The summed E-state index contributed by atoms with van der Waals surface area (Å²) >= 11 is 0. The summed E-state index contributed by atoms with van der Waals surface area (Å²) in [5, 5.41) is 3.39. The third-order valence-corrected chi connectivity index (χ3v) is 3.17. The molecule has 1 aromatic heterocycles. The van der Waals surface area contributed by atoms with Crippen LogP contribution in [0.2, 0.25) is 0 Å². The smallest absolute Gasteiger partial charge is 0.129 e. The Morgan fingerprint density at radius 2 is 2.19 bits per heavy atom. The van der Waals surface area contributed by atoms with Crippen molar-refractivity contribution in [1.82, 2.24) is 9.97 Å². The van der Waals surface area contributed by atoms with E-state index < -0.39 is 0 Å². The number of hydrogen-bond acceptors (Lipinski definition) is 4. The lowest BCUT2D eigenvalue weighted by atomic mass is 9.82. The zero-order chi connectivity index (χ0) is 11.4. The van der Waals surface area contributed by atoms with Crippen molar-refractivity contribution in [2.24, 2.45) is 5.41 Å². The Hall–Kier alpha value is -1.16. The van der Waals surface area contributed by atoms with Crippen molar-refractivity contribution >= 4 is 5.82 Å². The molecule has 0 atom stereocenters. The Kier molecular flexibility index (Phi) is 3.39. The van der Waals surface area contributed by atoms with Gasteiger partial charge in [-0.05, 0) is 31.2 Å². The van der Waals surface area contributed by atoms with Crippen molar-refractivity contribution in [1.29, 1.82) is 0 Å². The van der Waals surface area contributed by atoms with Gasteiger partial charge < -0.3 is 10.1 Å². The molecule has 88 valence electrons. The van der Waals surface area contributed by atoms with Crippen LogP contribution in [-0.4, -0.2) is 29.7 Å². The van der Waals surface area contributed by atoms with Crippen LogP contribution >= 0.6 is 0 Å². The van der Waals surface area contributed by atoms with Gasteiger partial charge in [-0.25, -0.2) is 9.97 Å². The second-order valence-electron chi connectivity index (χ2n) is 4.77. The van der Waals surface area contributed by atoms with E-state index in [1.54, 1.807) is 6.20 Å². The predicted octanol–water partition coefficient (Wildman–Crippen LogP) is 2.01. The van der Waals surface area contributed by atoms with Crippen LogP contribution in [0.4, 0.5) is 5.82 Å². The van der Waals surface area contributed by atoms with Gasteiger partial charge in [-0.1, -0.05) is 6.92 Å². The van der Waals surface area contributed by atoms with E-state index in [0.717, 1.165) is 44.2 Å². The van der Waals surface area contributed by atoms with E-state index in [1.807, 2.05) is 13.0 Å². The average Bonchev–Trinajstić information content (AvgIpc) is 2.28. The van der Waals surface area contributed by atoms with Crippen molar-refractivity contribution in [2.75, 3.05) is 25.1 Å². The van der Waals surface area contributed by atoms with Crippen molar-refractivity contribution < 1.29 is 4.74 Å². The summed E-state index contributed by atoms with van der Waals surface area (Å²) in [4.78, 5) is 8.42. The van der Waals surface area contributed by atoms with Gasteiger partial charge in [0.1, 0.15) is 11.6 Å². The van der Waals surface area contributed by atoms with Crippen LogP contribution in [0, 0.1) is 12.3 Å². The average molecular weight is 221 g/mol. The highest BCUT2D eigenvalue weighted by atomic mass is 16.5. The fraction of sp³-hybridized carbons (Fsp3) is 0.667. The maximum atomic E-state index is 5.38. The molecule has 1 saturated heterocycles. The third-order valence-electron chi connectivity index (χ3n) is 3.17. The highest BCUT2D eigenvalue weighted by Crippen LogP contribution is 2.29. The van der Waals surface area contributed by atoms with E-state index >= 15 is 0 Å². The lowest BCUT2D eigenvalue weighted by molar-refractivity contribution is 0.0300. The van der Waals surface area contributed by atoms with E-state index in [1.165, 1.54) is 0 Å². The molecule has 0 radical (unpaired) electrons. The first-order chi connectivity index (χ1) is 7.68. The molecule has 0 aliphatic carbocycles. The largest absolute Gasteiger partial charge is 0.381 e. The number of ether oxygens (including phenoxy) is 1. The molecule has 4 heteroatoms. The van der Waals surface area contributed by atoms with Crippen LogP contribution in [0.3, 0.4) is 0 Å². The molecule has 0 unspecified atom stereocenters. The van der Waals surface area contributed by atoms with Gasteiger partial charge in [-0.2, -0.15) is 0 Å². The first kappa shape index (κ1) is 11.3. The van der Waals surface area contributed by atoms with Crippen molar-refractivity contribution in [2.45, 2.75) is 26.7 Å². The van der Waals surface area contributed by atoms with Gasteiger partial charge >= 0.3 is 0 Å². The van der Waals surface area contributed by atoms with Crippen molar-refractivity contribution in [3.63, 3.8) is 0 Å². The van der Waals surface area contributed by atoms with Crippen molar-refractivity contribution in [3.8, 4) is 0 Å². The molecule has 1 aliphatic rings. The molecule has 1 aromatic rings. The normalized spacial score (nSPS) is 19.4. The summed E-state index contributed by atoms with van der Waals surface area (Å²) in [5.41, 5.74) is 0.330. The van der Waals surface area contributed by atoms with Gasteiger partial charge in [0, 0.05) is 26.0 Å². The number of anilines is 1. The van der Waals surface area contributed by atoms with E-state index in [2.05, 4.69) is 22.2 Å². The fourth-order valence-corrected chi connectivity index (χ4v) is 1.90. The highest BCUT2D eigenvalue weighted by molar-refractivity contribution is 5.33. The number of aromatic nitrogens is 2. The molecule has 1 N–H and O–H groups in total. The number of rotatable bonds is 3.